The first-order valence-corrected chi connectivity index (χ1v) is 9.85. The van der Waals surface area contributed by atoms with Crippen LogP contribution in [0.15, 0.2) is 58.1 Å². The van der Waals surface area contributed by atoms with Gasteiger partial charge in [-0.3, -0.25) is 23.9 Å². The minimum absolute atomic E-state index is 0.0442. The number of anilines is 1. The van der Waals surface area contributed by atoms with Crippen LogP contribution in [0.5, 0.6) is 0 Å². The molecule has 1 heterocycles. The first-order valence-electron chi connectivity index (χ1n) is 9.85. The van der Waals surface area contributed by atoms with E-state index < -0.39 is 11.2 Å². The monoisotopic (exact) mass is 408 g/mol. The Morgan fingerprint density at radius 1 is 1.00 bits per heavy atom. The van der Waals surface area contributed by atoms with Crippen molar-refractivity contribution in [3.05, 3.63) is 74.9 Å². The summed E-state index contributed by atoms with van der Waals surface area (Å²) in [6, 6.07) is 14.1. The topological polar surface area (TPSA) is 113 Å². The summed E-state index contributed by atoms with van der Waals surface area (Å²) in [5, 5.41) is 6.04. The molecule has 0 unspecified atom stereocenters. The molecule has 30 heavy (non-hydrogen) atoms. The van der Waals surface area contributed by atoms with Gasteiger partial charge in [0.05, 0.1) is 10.9 Å². The molecule has 0 bridgehead atoms. The van der Waals surface area contributed by atoms with Crippen LogP contribution in [0.25, 0.3) is 10.9 Å². The largest absolute Gasteiger partial charge is 0.352 e. The Labute approximate surface area is 172 Å². The third kappa shape index (κ3) is 5.22. The first kappa shape index (κ1) is 21.0. The van der Waals surface area contributed by atoms with Crippen LogP contribution in [-0.4, -0.2) is 21.4 Å². The number of benzene rings is 2. The van der Waals surface area contributed by atoms with E-state index in [9.17, 15) is 19.2 Å². The van der Waals surface area contributed by atoms with Crippen molar-refractivity contribution >= 4 is 28.4 Å². The van der Waals surface area contributed by atoms with Crippen molar-refractivity contribution in [1.82, 2.24) is 14.9 Å². The molecule has 3 N–H and O–H groups in total. The molecule has 0 aliphatic rings. The smallest absolute Gasteiger partial charge is 0.328 e. The number of rotatable bonds is 8. The van der Waals surface area contributed by atoms with E-state index in [1.165, 1.54) is 4.57 Å². The van der Waals surface area contributed by atoms with Crippen LogP contribution >= 0.6 is 0 Å². The van der Waals surface area contributed by atoms with Crippen molar-refractivity contribution in [2.45, 2.75) is 39.3 Å². The number of H-pyrrole nitrogens is 1. The molecule has 8 nitrogen and oxygen atoms in total. The van der Waals surface area contributed by atoms with Crippen LogP contribution in [-0.2, 0) is 22.7 Å². The number of carbonyl (C=O) groups is 2. The summed E-state index contributed by atoms with van der Waals surface area (Å²) in [6.07, 6.45) is 1.32. The van der Waals surface area contributed by atoms with Crippen molar-refractivity contribution in [2.24, 2.45) is 0 Å². The Morgan fingerprint density at radius 2 is 1.80 bits per heavy atom. The van der Waals surface area contributed by atoms with Gasteiger partial charge in [-0.1, -0.05) is 31.2 Å². The van der Waals surface area contributed by atoms with Crippen LogP contribution < -0.4 is 21.9 Å². The number of nitrogens with one attached hydrogen (secondary N) is 3. The number of amides is 2. The fraction of sp³-hybridized carbons (Fsp3) is 0.273. The lowest BCUT2D eigenvalue weighted by molar-refractivity contribution is -0.121. The fourth-order valence-electron chi connectivity index (χ4n) is 3.18. The molecule has 3 rings (SSSR count). The molecule has 3 aromatic rings. The molecule has 0 aliphatic carbocycles. The van der Waals surface area contributed by atoms with Crippen LogP contribution in [0.3, 0.4) is 0 Å². The Bertz CT molecular complexity index is 1180. The number of hydrogen-bond donors (Lipinski definition) is 3. The van der Waals surface area contributed by atoms with E-state index in [4.69, 9.17) is 0 Å². The van der Waals surface area contributed by atoms with Gasteiger partial charge < -0.3 is 10.6 Å². The van der Waals surface area contributed by atoms with E-state index >= 15 is 0 Å². The SMILES string of the molecule is CCCC(=O)Nc1cccc(CNC(=O)CCn2c(=O)[nH]c(=O)c3ccccc32)c1. The molecular formula is C22H24N4O4. The maximum atomic E-state index is 12.3. The number of aromatic nitrogens is 2. The third-order valence-corrected chi connectivity index (χ3v) is 4.65. The van der Waals surface area contributed by atoms with Crippen LogP contribution in [0.1, 0.15) is 31.7 Å². The summed E-state index contributed by atoms with van der Waals surface area (Å²) in [6.45, 7) is 2.39. The second-order valence-corrected chi connectivity index (χ2v) is 6.95. The lowest BCUT2D eigenvalue weighted by Crippen LogP contribution is -2.32. The molecule has 1 aromatic heterocycles. The van der Waals surface area contributed by atoms with Crippen molar-refractivity contribution in [2.75, 3.05) is 5.32 Å². The Morgan fingerprint density at radius 3 is 2.60 bits per heavy atom. The number of hydrogen-bond acceptors (Lipinski definition) is 4. The molecule has 2 amide bonds. The number of nitrogens with zero attached hydrogens (tertiary/aromatic N) is 1. The van der Waals surface area contributed by atoms with Crippen LogP contribution in [0.2, 0.25) is 0 Å². The standard InChI is InChI=1S/C22H24N4O4/c1-2-6-20(28)24-16-8-5-7-15(13-16)14-23-19(27)11-12-26-18-10-4-3-9-17(18)21(29)25-22(26)30/h3-5,7-10,13H,2,6,11-12,14H2,1H3,(H,23,27)(H,24,28)(H,25,29,30). The third-order valence-electron chi connectivity index (χ3n) is 4.65. The van der Waals surface area contributed by atoms with E-state index in [1.54, 1.807) is 30.3 Å². The predicted octanol–water partition coefficient (Wildman–Crippen LogP) is 2.13. The van der Waals surface area contributed by atoms with Gasteiger partial charge in [0.15, 0.2) is 0 Å². The predicted molar refractivity (Wildman–Crippen MR) is 115 cm³/mol. The zero-order valence-electron chi connectivity index (χ0n) is 16.7. The van der Waals surface area contributed by atoms with Gasteiger partial charge in [0.2, 0.25) is 11.8 Å². The lowest BCUT2D eigenvalue weighted by Gasteiger charge is -2.10. The average Bonchev–Trinajstić information content (AvgIpc) is 2.72. The summed E-state index contributed by atoms with van der Waals surface area (Å²) >= 11 is 0. The summed E-state index contributed by atoms with van der Waals surface area (Å²) < 4.78 is 1.39. The zero-order chi connectivity index (χ0) is 21.5. The van der Waals surface area contributed by atoms with E-state index in [0.29, 0.717) is 29.6 Å². The van der Waals surface area contributed by atoms with Crippen molar-refractivity contribution < 1.29 is 9.59 Å². The first-order chi connectivity index (χ1) is 14.5. The number of para-hydroxylation sites is 1. The molecule has 0 atom stereocenters. The van der Waals surface area contributed by atoms with E-state index in [2.05, 4.69) is 15.6 Å². The minimum Gasteiger partial charge on any atom is -0.352 e. The maximum absolute atomic E-state index is 12.3. The number of fused-ring (bicyclic) bond motifs is 1. The quantitative estimate of drug-likeness (QED) is 0.530. The normalized spacial score (nSPS) is 10.7. The van der Waals surface area contributed by atoms with Crippen LogP contribution in [0, 0.1) is 0 Å². The maximum Gasteiger partial charge on any atom is 0.328 e. The average molecular weight is 408 g/mol. The van der Waals surface area contributed by atoms with Gasteiger partial charge in [0, 0.05) is 31.6 Å². The molecule has 0 saturated heterocycles. The molecule has 0 saturated carbocycles. The second kappa shape index (κ2) is 9.69. The minimum atomic E-state index is -0.540. The molecule has 0 fully saturated rings. The molecule has 2 aromatic carbocycles. The second-order valence-electron chi connectivity index (χ2n) is 6.95. The Hall–Kier alpha value is -3.68. The lowest BCUT2D eigenvalue weighted by atomic mass is 10.2. The molecule has 8 heteroatoms. The number of carbonyl (C=O) groups excluding carboxylic acids is 2. The Kier molecular flexibility index (Phi) is 6.79. The molecular weight excluding hydrogens is 384 g/mol. The van der Waals surface area contributed by atoms with Crippen molar-refractivity contribution in [1.29, 1.82) is 0 Å². The summed E-state index contributed by atoms with van der Waals surface area (Å²) in [4.78, 5) is 50.3. The van der Waals surface area contributed by atoms with Gasteiger partial charge >= 0.3 is 5.69 Å². The number of aromatic amines is 1. The van der Waals surface area contributed by atoms with Crippen molar-refractivity contribution in [3.63, 3.8) is 0 Å². The highest BCUT2D eigenvalue weighted by Crippen LogP contribution is 2.11. The molecule has 156 valence electrons. The van der Waals surface area contributed by atoms with Gasteiger partial charge in [-0.15, -0.1) is 0 Å². The number of aryl methyl sites for hydroxylation is 1. The fourth-order valence-corrected chi connectivity index (χ4v) is 3.18. The molecule has 0 aliphatic heterocycles. The van der Waals surface area contributed by atoms with Gasteiger partial charge in [-0.2, -0.15) is 0 Å². The van der Waals surface area contributed by atoms with Gasteiger partial charge in [0.25, 0.3) is 5.56 Å². The van der Waals surface area contributed by atoms with Gasteiger partial charge in [-0.05, 0) is 36.2 Å². The van der Waals surface area contributed by atoms with E-state index in [1.807, 2.05) is 25.1 Å². The summed E-state index contributed by atoms with van der Waals surface area (Å²) in [5.74, 6) is -0.269. The van der Waals surface area contributed by atoms with Crippen LogP contribution in [0.4, 0.5) is 5.69 Å². The summed E-state index contributed by atoms with van der Waals surface area (Å²) in [5.41, 5.74) is 1.05. The highest BCUT2D eigenvalue weighted by Gasteiger charge is 2.09. The van der Waals surface area contributed by atoms with E-state index in [-0.39, 0.29) is 24.8 Å². The highest BCUT2D eigenvalue weighted by atomic mass is 16.2. The molecule has 0 radical (unpaired) electrons. The van der Waals surface area contributed by atoms with E-state index in [0.717, 1.165) is 12.0 Å². The van der Waals surface area contributed by atoms with Crippen molar-refractivity contribution in [3.8, 4) is 0 Å². The molecule has 0 spiro atoms. The highest BCUT2D eigenvalue weighted by molar-refractivity contribution is 5.90. The zero-order valence-corrected chi connectivity index (χ0v) is 16.7. The van der Waals surface area contributed by atoms with Gasteiger partial charge in [-0.25, -0.2) is 4.79 Å². The van der Waals surface area contributed by atoms with Gasteiger partial charge in [0.1, 0.15) is 0 Å². The summed E-state index contributed by atoms with van der Waals surface area (Å²) in [7, 11) is 0. The Balaban J connectivity index is 1.60.